The summed E-state index contributed by atoms with van der Waals surface area (Å²) in [6.45, 7) is 5.34. The second kappa shape index (κ2) is 5.25. The number of aryl methyl sites for hydroxylation is 2. The van der Waals surface area contributed by atoms with Gasteiger partial charge < -0.3 is 0 Å². The average molecular weight is 293 g/mol. The number of halogens is 1. The molecule has 106 valence electrons. The van der Waals surface area contributed by atoms with Crippen LogP contribution < -0.4 is 4.72 Å². The Morgan fingerprint density at radius 3 is 2.35 bits per heavy atom. The first-order valence-electron chi connectivity index (χ1n) is 6.16. The summed E-state index contributed by atoms with van der Waals surface area (Å²) in [5.41, 5.74) is 2.79. The highest BCUT2D eigenvalue weighted by Crippen LogP contribution is 2.23. The first-order valence-corrected chi connectivity index (χ1v) is 7.65. The van der Waals surface area contributed by atoms with Gasteiger partial charge in [-0.25, -0.2) is 12.8 Å². The largest absolute Gasteiger partial charge is 0.279 e. The molecule has 0 aliphatic rings. The molecule has 0 amide bonds. The van der Waals surface area contributed by atoms with Gasteiger partial charge in [-0.05, 0) is 61.7 Å². The zero-order valence-corrected chi connectivity index (χ0v) is 12.4. The first kappa shape index (κ1) is 14.5. The Labute approximate surface area is 118 Å². The van der Waals surface area contributed by atoms with Gasteiger partial charge in [0.1, 0.15) is 5.82 Å². The first-order chi connectivity index (χ1) is 9.31. The van der Waals surface area contributed by atoms with Crippen LogP contribution in [-0.4, -0.2) is 8.42 Å². The number of hydrogen-bond acceptors (Lipinski definition) is 2. The van der Waals surface area contributed by atoms with Crippen LogP contribution in [0.3, 0.4) is 0 Å². The fraction of sp³-hybridized carbons (Fsp3) is 0.200. The van der Waals surface area contributed by atoms with Crippen LogP contribution in [-0.2, 0) is 10.0 Å². The van der Waals surface area contributed by atoms with Crippen LogP contribution in [0.2, 0.25) is 0 Å². The van der Waals surface area contributed by atoms with E-state index < -0.39 is 15.8 Å². The van der Waals surface area contributed by atoms with Crippen molar-refractivity contribution in [1.29, 1.82) is 0 Å². The van der Waals surface area contributed by atoms with Gasteiger partial charge in [0, 0.05) is 0 Å². The minimum Gasteiger partial charge on any atom is -0.279 e. The lowest BCUT2D eigenvalue weighted by Gasteiger charge is -2.13. The maximum absolute atomic E-state index is 13.1. The Morgan fingerprint density at radius 2 is 1.70 bits per heavy atom. The van der Waals surface area contributed by atoms with E-state index in [0.717, 1.165) is 17.2 Å². The van der Waals surface area contributed by atoms with E-state index in [1.165, 1.54) is 12.1 Å². The zero-order valence-electron chi connectivity index (χ0n) is 11.6. The predicted octanol–water partition coefficient (Wildman–Crippen LogP) is 3.55. The van der Waals surface area contributed by atoms with Gasteiger partial charge in [0.05, 0.1) is 10.6 Å². The highest BCUT2D eigenvalue weighted by molar-refractivity contribution is 7.92. The molecule has 5 heteroatoms. The van der Waals surface area contributed by atoms with E-state index in [2.05, 4.69) is 4.72 Å². The number of nitrogens with one attached hydrogen (secondary N) is 1. The SMILES string of the molecule is Cc1cc(F)ccc1S(=O)(=O)Nc1cccc(C)c1C. The molecule has 0 saturated carbocycles. The maximum atomic E-state index is 13.1. The summed E-state index contributed by atoms with van der Waals surface area (Å²) in [5, 5.41) is 0. The topological polar surface area (TPSA) is 46.2 Å². The third-order valence-corrected chi connectivity index (χ3v) is 4.80. The van der Waals surface area contributed by atoms with E-state index in [-0.39, 0.29) is 4.90 Å². The lowest BCUT2D eigenvalue weighted by molar-refractivity contribution is 0.598. The minimum atomic E-state index is -3.72. The minimum absolute atomic E-state index is 0.0832. The highest BCUT2D eigenvalue weighted by Gasteiger charge is 2.18. The summed E-state index contributed by atoms with van der Waals surface area (Å²) in [7, 11) is -3.72. The molecular weight excluding hydrogens is 277 g/mol. The summed E-state index contributed by atoms with van der Waals surface area (Å²) in [6.07, 6.45) is 0. The number of benzene rings is 2. The van der Waals surface area contributed by atoms with Gasteiger partial charge >= 0.3 is 0 Å². The smallest absolute Gasteiger partial charge is 0.262 e. The fourth-order valence-corrected chi connectivity index (χ4v) is 3.33. The van der Waals surface area contributed by atoms with Gasteiger partial charge in [-0.2, -0.15) is 0 Å². The summed E-state index contributed by atoms with van der Waals surface area (Å²) < 4.78 is 40.3. The average Bonchev–Trinajstić information content (AvgIpc) is 2.34. The molecule has 0 unspecified atom stereocenters. The molecule has 2 rings (SSSR count). The molecule has 3 nitrogen and oxygen atoms in total. The quantitative estimate of drug-likeness (QED) is 0.940. The van der Waals surface area contributed by atoms with Crippen molar-refractivity contribution < 1.29 is 12.8 Å². The molecule has 0 aromatic heterocycles. The highest BCUT2D eigenvalue weighted by atomic mass is 32.2. The Morgan fingerprint density at radius 1 is 1.00 bits per heavy atom. The van der Waals surface area contributed by atoms with Crippen molar-refractivity contribution in [3.05, 3.63) is 58.9 Å². The van der Waals surface area contributed by atoms with Crippen molar-refractivity contribution in [2.45, 2.75) is 25.7 Å². The van der Waals surface area contributed by atoms with Crippen LogP contribution in [0.25, 0.3) is 0 Å². The number of sulfonamides is 1. The predicted molar refractivity (Wildman–Crippen MR) is 77.9 cm³/mol. The van der Waals surface area contributed by atoms with Crippen molar-refractivity contribution in [3.63, 3.8) is 0 Å². The molecule has 0 saturated heterocycles. The van der Waals surface area contributed by atoms with Crippen LogP contribution >= 0.6 is 0 Å². The summed E-state index contributed by atoms with van der Waals surface area (Å²) >= 11 is 0. The zero-order chi connectivity index (χ0) is 14.9. The second-order valence-corrected chi connectivity index (χ2v) is 6.41. The molecule has 0 heterocycles. The molecular formula is C15H16FNO2S. The molecule has 0 aliphatic carbocycles. The third-order valence-electron chi connectivity index (χ3n) is 3.28. The lowest BCUT2D eigenvalue weighted by Crippen LogP contribution is -2.15. The van der Waals surface area contributed by atoms with Crippen molar-refractivity contribution in [2.24, 2.45) is 0 Å². The number of anilines is 1. The van der Waals surface area contributed by atoms with E-state index in [1.54, 1.807) is 19.1 Å². The van der Waals surface area contributed by atoms with E-state index in [0.29, 0.717) is 11.3 Å². The van der Waals surface area contributed by atoms with E-state index in [1.807, 2.05) is 19.9 Å². The number of rotatable bonds is 3. The Kier molecular flexibility index (Phi) is 3.81. The van der Waals surface area contributed by atoms with Gasteiger partial charge in [0.2, 0.25) is 0 Å². The van der Waals surface area contributed by atoms with Crippen LogP contribution in [0.1, 0.15) is 16.7 Å². The monoisotopic (exact) mass is 293 g/mol. The standard InChI is InChI=1S/C15H16FNO2S/c1-10-5-4-6-14(12(10)3)17-20(18,19)15-8-7-13(16)9-11(15)2/h4-9,17H,1-3H3. The van der Waals surface area contributed by atoms with Gasteiger partial charge in [0.15, 0.2) is 0 Å². The second-order valence-electron chi connectivity index (χ2n) is 4.76. The van der Waals surface area contributed by atoms with E-state index >= 15 is 0 Å². The molecule has 0 fully saturated rings. The molecule has 0 spiro atoms. The van der Waals surface area contributed by atoms with Crippen molar-refractivity contribution in [3.8, 4) is 0 Å². The van der Waals surface area contributed by atoms with Gasteiger partial charge in [-0.15, -0.1) is 0 Å². The third kappa shape index (κ3) is 2.82. The molecule has 0 aliphatic heterocycles. The summed E-state index contributed by atoms with van der Waals surface area (Å²) in [5.74, 6) is -0.451. The summed E-state index contributed by atoms with van der Waals surface area (Å²) in [4.78, 5) is 0.0832. The molecule has 1 N–H and O–H groups in total. The molecule has 0 radical (unpaired) electrons. The normalized spacial score (nSPS) is 11.4. The molecule has 0 atom stereocenters. The molecule has 2 aromatic rings. The fourth-order valence-electron chi connectivity index (χ4n) is 1.98. The van der Waals surface area contributed by atoms with Crippen LogP contribution in [0.4, 0.5) is 10.1 Å². The Balaban J connectivity index is 2.44. The van der Waals surface area contributed by atoms with Crippen molar-refractivity contribution in [2.75, 3.05) is 4.72 Å². The van der Waals surface area contributed by atoms with Crippen LogP contribution in [0.15, 0.2) is 41.3 Å². The van der Waals surface area contributed by atoms with Crippen LogP contribution in [0.5, 0.6) is 0 Å². The molecule has 2 aromatic carbocycles. The van der Waals surface area contributed by atoms with Crippen molar-refractivity contribution in [1.82, 2.24) is 0 Å². The van der Waals surface area contributed by atoms with Gasteiger partial charge in [0.25, 0.3) is 10.0 Å². The molecule has 20 heavy (non-hydrogen) atoms. The Hall–Kier alpha value is -1.88. The summed E-state index contributed by atoms with van der Waals surface area (Å²) in [6, 6.07) is 9.03. The van der Waals surface area contributed by atoms with Crippen LogP contribution in [0, 0.1) is 26.6 Å². The molecule has 0 bridgehead atoms. The number of hydrogen-bond donors (Lipinski definition) is 1. The van der Waals surface area contributed by atoms with Gasteiger partial charge in [-0.3, -0.25) is 4.72 Å². The lowest BCUT2D eigenvalue weighted by atomic mass is 10.1. The van der Waals surface area contributed by atoms with Crippen molar-refractivity contribution >= 4 is 15.7 Å². The van der Waals surface area contributed by atoms with E-state index in [9.17, 15) is 12.8 Å². The van der Waals surface area contributed by atoms with Gasteiger partial charge in [-0.1, -0.05) is 12.1 Å². The Bertz CT molecular complexity index is 754. The maximum Gasteiger partial charge on any atom is 0.262 e. The van der Waals surface area contributed by atoms with E-state index in [4.69, 9.17) is 0 Å².